The van der Waals surface area contributed by atoms with Gasteiger partial charge in [0.15, 0.2) is 0 Å². The van der Waals surface area contributed by atoms with Crippen molar-refractivity contribution in [2.75, 3.05) is 6.61 Å². The molecule has 0 amide bonds. The molecule has 31 heavy (non-hydrogen) atoms. The molecule has 1 aromatic rings. The van der Waals surface area contributed by atoms with Crippen LogP contribution in [0.5, 0.6) is 0 Å². The quantitative estimate of drug-likeness (QED) is 0.184. The van der Waals surface area contributed by atoms with Gasteiger partial charge in [0.1, 0.15) is 36.4 Å². The molecule has 5 atom stereocenters. The van der Waals surface area contributed by atoms with Crippen molar-refractivity contribution in [2.45, 2.75) is 55.5 Å². The summed E-state index contributed by atoms with van der Waals surface area (Å²) in [6.45, 7) is 3.27. The van der Waals surface area contributed by atoms with Crippen molar-refractivity contribution in [3.05, 3.63) is 38.7 Å². The van der Waals surface area contributed by atoms with E-state index in [2.05, 4.69) is 10.0 Å². The maximum Gasteiger partial charge on any atom is 0.303 e. The van der Waals surface area contributed by atoms with Crippen LogP contribution in [-0.2, 0) is 33.3 Å². The minimum absolute atomic E-state index is 0.282. The van der Waals surface area contributed by atoms with E-state index in [1.54, 1.807) is 18.2 Å². The van der Waals surface area contributed by atoms with Crippen LogP contribution < -0.4 is 0 Å². The molecule has 0 aliphatic carbocycles. The molecule has 1 aliphatic rings. The molecule has 0 spiro atoms. The van der Waals surface area contributed by atoms with E-state index in [4.69, 9.17) is 47.7 Å². The first-order valence-electron chi connectivity index (χ1n) is 8.91. The van der Waals surface area contributed by atoms with Gasteiger partial charge < -0.3 is 18.9 Å². The summed E-state index contributed by atoms with van der Waals surface area (Å²) in [5, 5.41) is 4.35. The summed E-state index contributed by atoms with van der Waals surface area (Å²) in [7, 11) is 0. The minimum Gasteiger partial charge on any atom is -0.463 e. The predicted molar refractivity (Wildman–Crippen MR) is 112 cm³/mol. The molecule has 10 nitrogen and oxygen atoms in total. The summed E-state index contributed by atoms with van der Waals surface area (Å²) in [5.74, 6) is -1.93. The average molecular weight is 492 g/mol. The van der Waals surface area contributed by atoms with Gasteiger partial charge in [0.05, 0.1) is 10.0 Å². The van der Waals surface area contributed by atoms with Gasteiger partial charge in [0.2, 0.25) is 0 Å². The van der Waals surface area contributed by atoms with Crippen LogP contribution in [0.25, 0.3) is 10.4 Å². The number of hydrogen-bond acceptors (Lipinski definition) is 9. The fourth-order valence-electron chi connectivity index (χ4n) is 2.85. The normalized spacial score (nSPS) is 25.1. The lowest BCUT2D eigenvalue weighted by Crippen LogP contribution is -2.59. The monoisotopic (exact) mass is 491 g/mol. The van der Waals surface area contributed by atoms with Crippen molar-refractivity contribution in [3.8, 4) is 0 Å². The molecule has 1 fully saturated rings. The molecule has 1 heterocycles. The van der Waals surface area contributed by atoms with Crippen LogP contribution in [0.3, 0.4) is 0 Å². The lowest BCUT2D eigenvalue weighted by Gasteiger charge is -2.43. The van der Waals surface area contributed by atoms with Crippen molar-refractivity contribution in [2.24, 2.45) is 5.11 Å². The van der Waals surface area contributed by atoms with E-state index in [1.165, 1.54) is 13.8 Å². The van der Waals surface area contributed by atoms with Gasteiger partial charge in [0.25, 0.3) is 0 Å². The number of rotatable bonds is 7. The summed E-state index contributed by atoms with van der Waals surface area (Å²) >= 11 is 13.1. The van der Waals surface area contributed by atoms with Crippen molar-refractivity contribution >= 4 is 52.9 Å². The van der Waals surface area contributed by atoms with Gasteiger partial charge in [-0.25, -0.2) is 0 Å². The Morgan fingerprint density at radius 3 is 2.29 bits per heavy atom. The number of hydrogen-bond donors (Lipinski definition) is 0. The smallest absolute Gasteiger partial charge is 0.303 e. The van der Waals surface area contributed by atoms with Crippen LogP contribution in [0.15, 0.2) is 28.2 Å². The van der Waals surface area contributed by atoms with Crippen LogP contribution in [0, 0.1) is 0 Å². The van der Waals surface area contributed by atoms with Gasteiger partial charge in [-0.1, -0.05) is 40.1 Å². The molecule has 1 aliphatic heterocycles. The van der Waals surface area contributed by atoms with E-state index in [9.17, 15) is 14.4 Å². The Morgan fingerprint density at radius 2 is 1.74 bits per heavy atom. The lowest BCUT2D eigenvalue weighted by atomic mass is 9.97. The maximum atomic E-state index is 11.7. The van der Waals surface area contributed by atoms with E-state index in [-0.39, 0.29) is 6.61 Å². The molecule has 1 aromatic carbocycles. The number of thioether (sulfide) groups is 1. The number of azide groups is 1. The molecule has 0 radical (unpaired) electrons. The standard InChI is InChI=1S/C18H19Cl2N3O7S/c1-8(24)27-7-14-16(28-9(2)25)15(22-23-21)17(29-10(3)26)18(30-14)31-11-4-5-12(19)13(20)6-11/h4-6,14-18H,7H2,1-3H3/t14?,15?,16-,17-,18+/m0/s1. The molecule has 0 bridgehead atoms. The summed E-state index contributed by atoms with van der Waals surface area (Å²) in [5.41, 5.74) is 8.17. The molecular weight excluding hydrogens is 473 g/mol. The third-order valence-corrected chi connectivity index (χ3v) is 5.88. The Balaban J connectivity index is 2.44. The highest BCUT2D eigenvalue weighted by Crippen LogP contribution is 2.39. The van der Waals surface area contributed by atoms with E-state index in [0.717, 1.165) is 18.7 Å². The molecule has 0 N–H and O–H groups in total. The highest BCUT2D eigenvalue weighted by molar-refractivity contribution is 7.99. The zero-order valence-corrected chi connectivity index (χ0v) is 19.0. The van der Waals surface area contributed by atoms with Crippen LogP contribution in [0.4, 0.5) is 0 Å². The van der Waals surface area contributed by atoms with Crippen molar-refractivity contribution in [1.82, 2.24) is 0 Å². The fourth-order valence-corrected chi connectivity index (χ4v) is 4.37. The molecule has 13 heteroatoms. The van der Waals surface area contributed by atoms with E-state index < -0.39 is 47.7 Å². The zero-order valence-electron chi connectivity index (χ0n) is 16.7. The second-order valence-electron chi connectivity index (χ2n) is 6.38. The Kier molecular flexibility index (Phi) is 9.27. The number of nitrogens with zero attached hydrogens (tertiary/aromatic N) is 3. The molecule has 2 rings (SSSR count). The molecule has 2 unspecified atom stereocenters. The first-order valence-corrected chi connectivity index (χ1v) is 10.5. The van der Waals surface area contributed by atoms with Crippen LogP contribution in [-0.4, -0.2) is 54.3 Å². The summed E-state index contributed by atoms with van der Waals surface area (Å²) in [4.78, 5) is 38.1. The first kappa shape index (κ1) is 25.1. The highest BCUT2D eigenvalue weighted by atomic mass is 35.5. The fraction of sp³-hybridized carbons (Fsp3) is 0.500. The second-order valence-corrected chi connectivity index (χ2v) is 8.37. The molecule has 0 aromatic heterocycles. The lowest BCUT2D eigenvalue weighted by molar-refractivity contribution is -0.201. The average Bonchev–Trinajstić information content (AvgIpc) is 2.67. The zero-order chi connectivity index (χ0) is 23.1. The topological polar surface area (TPSA) is 137 Å². The number of carbonyl (C=O) groups excluding carboxylic acids is 3. The van der Waals surface area contributed by atoms with E-state index >= 15 is 0 Å². The minimum atomic E-state index is -1.16. The van der Waals surface area contributed by atoms with Crippen LogP contribution in [0.1, 0.15) is 20.8 Å². The van der Waals surface area contributed by atoms with Gasteiger partial charge in [-0.05, 0) is 23.7 Å². The highest BCUT2D eigenvalue weighted by Gasteiger charge is 2.50. The third kappa shape index (κ3) is 7.19. The Morgan fingerprint density at radius 1 is 1.10 bits per heavy atom. The number of ether oxygens (including phenoxy) is 4. The number of benzene rings is 1. The predicted octanol–water partition coefficient (Wildman–Crippen LogP) is 3.92. The Labute approximate surface area is 192 Å². The van der Waals surface area contributed by atoms with Crippen LogP contribution >= 0.6 is 35.0 Å². The van der Waals surface area contributed by atoms with Gasteiger partial charge in [0, 0.05) is 30.6 Å². The van der Waals surface area contributed by atoms with Crippen molar-refractivity contribution in [1.29, 1.82) is 0 Å². The van der Waals surface area contributed by atoms with E-state index in [1.807, 2.05) is 0 Å². The van der Waals surface area contributed by atoms with Gasteiger partial charge in [-0.2, -0.15) is 0 Å². The van der Waals surface area contributed by atoms with Gasteiger partial charge in [-0.3, -0.25) is 14.4 Å². The first-order chi connectivity index (χ1) is 14.6. The van der Waals surface area contributed by atoms with Crippen LogP contribution in [0.2, 0.25) is 10.0 Å². The molecule has 0 saturated carbocycles. The van der Waals surface area contributed by atoms with Crippen molar-refractivity contribution < 1.29 is 33.3 Å². The molecular formula is C18H19Cl2N3O7S. The maximum absolute atomic E-state index is 11.7. The molecule has 1 saturated heterocycles. The second kappa shape index (κ2) is 11.4. The summed E-state index contributed by atoms with van der Waals surface area (Å²) in [6.07, 6.45) is -3.27. The van der Waals surface area contributed by atoms with Crippen molar-refractivity contribution in [3.63, 3.8) is 0 Å². The van der Waals surface area contributed by atoms with E-state index in [0.29, 0.717) is 14.9 Å². The largest absolute Gasteiger partial charge is 0.463 e. The Hall–Kier alpha value is -2.17. The Bertz CT molecular complexity index is 897. The van der Waals surface area contributed by atoms with Gasteiger partial charge >= 0.3 is 17.9 Å². The third-order valence-electron chi connectivity index (χ3n) is 4.00. The number of esters is 3. The number of halogens is 2. The summed E-state index contributed by atoms with van der Waals surface area (Å²) < 4.78 is 21.7. The molecule has 168 valence electrons. The summed E-state index contributed by atoms with van der Waals surface area (Å²) in [6, 6.07) is 3.70. The SMILES string of the molecule is CC(=O)OCC1O[C@H](Sc2ccc(Cl)c(Cl)c2)[C@@H](OC(C)=O)C(N=[N+]=[N-])[C@H]1OC(C)=O. The number of carbonyl (C=O) groups is 3. The van der Waals surface area contributed by atoms with Gasteiger partial charge in [-0.15, -0.1) is 0 Å².